The molecule has 1 aromatic rings. The lowest BCUT2D eigenvalue weighted by Gasteiger charge is -2.24. The maximum absolute atomic E-state index is 12.0. The Morgan fingerprint density at radius 3 is 2.56 bits per heavy atom. The normalized spacial score (nSPS) is 10.9. The van der Waals surface area contributed by atoms with Crippen LogP contribution in [0.2, 0.25) is 0 Å². The first-order valence-corrected chi connectivity index (χ1v) is 6.44. The summed E-state index contributed by atoms with van der Waals surface area (Å²) >= 11 is 8.23. The fourth-order valence-electron chi connectivity index (χ4n) is 1.23. The lowest BCUT2D eigenvalue weighted by Crippen LogP contribution is -2.52. The van der Waals surface area contributed by atoms with Gasteiger partial charge in [0.15, 0.2) is 0 Å². The third-order valence-corrected chi connectivity index (χ3v) is 3.59. The summed E-state index contributed by atoms with van der Waals surface area (Å²) in [5.74, 6) is 0.427. The summed E-state index contributed by atoms with van der Waals surface area (Å²) in [5.41, 5.74) is 5.34. The molecule has 6 heteroatoms. The number of halogens is 1. The number of methoxy groups -OCH3 is 1. The summed E-state index contributed by atoms with van der Waals surface area (Å²) in [4.78, 5) is 12.3. The number of carbonyl (C=O) groups excluding carboxylic acids is 1. The molecule has 4 nitrogen and oxygen atoms in total. The monoisotopic (exact) mass is 330 g/mol. The van der Waals surface area contributed by atoms with Gasteiger partial charge in [-0.05, 0) is 48.0 Å². The van der Waals surface area contributed by atoms with Gasteiger partial charge in [0.1, 0.15) is 5.75 Å². The Hall–Kier alpha value is -1.14. The molecule has 98 valence electrons. The average molecular weight is 331 g/mol. The molecule has 0 aliphatic rings. The van der Waals surface area contributed by atoms with E-state index in [0.29, 0.717) is 15.8 Å². The van der Waals surface area contributed by atoms with Crippen LogP contribution < -0.4 is 15.8 Å². The number of rotatable bonds is 4. The fourth-order valence-corrected chi connectivity index (χ4v) is 1.82. The molecule has 0 saturated carbocycles. The van der Waals surface area contributed by atoms with Gasteiger partial charge in [0.25, 0.3) is 5.91 Å². The van der Waals surface area contributed by atoms with Crippen molar-refractivity contribution in [3.63, 3.8) is 0 Å². The quantitative estimate of drug-likeness (QED) is 0.831. The second-order valence-electron chi connectivity index (χ2n) is 4.29. The van der Waals surface area contributed by atoms with E-state index in [2.05, 4.69) is 21.2 Å². The molecule has 1 amide bonds. The van der Waals surface area contributed by atoms with Gasteiger partial charge in [-0.1, -0.05) is 12.2 Å². The Kier molecular flexibility index (Phi) is 4.70. The second kappa shape index (κ2) is 5.67. The van der Waals surface area contributed by atoms with E-state index in [1.165, 1.54) is 0 Å². The molecule has 3 N–H and O–H groups in total. The van der Waals surface area contributed by atoms with Crippen molar-refractivity contribution >= 4 is 39.0 Å². The van der Waals surface area contributed by atoms with Crippen LogP contribution in [-0.4, -0.2) is 23.5 Å². The zero-order chi connectivity index (χ0) is 13.9. The van der Waals surface area contributed by atoms with Gasteiger partial charge < -0.3 is 15.8 Å². The highest BCUT2D eigenvalue weighted by Crippen LogP contribution is 2.25. The van der Waals surface area contributed by atoms with Crippen molar-refractivity contribution in [1.82, 2.24) is 5.32 Å². The molecule has 0 unspecified atom stereocenters. The molecule has 0 aliphatic heterocycles. The third kappa shape index (κ3) is 3.43. The number of hydrogen-bond acceptors (Lipinski definition) is 3. The number of ether oxygens (including phenoxy) is 1. The van der Waals surface area contributed by atoms with Crippen LogP contribution in [0.4, 0.5) is 0 Å². The number of thiocarbonyl (C=S) groups is 1. The van der Waals surface area contributed by atoms with Gasteiger partial charge in [-0.3, -0.25) is 4.79 Å². The Morgan fingerprint density at radius 1 is 1.50 bits per heavy atom. The molecule has 0 aromatic heterocycles. The van der Waals surface area contributed by atoms with Crippen LogP contribution in [0.3, 0.4) is 0 Å². The van der Waals surface area contributed by atoms with E-state index in [1.54, 1.807) is 39.2 Å². The zero-order valence-electron chi connectivity index (χ0n) is 10.4. The van der Waals surface area contributed by atoms with Crippen molar-refractivity contribution in [2.24, 2.45) is 5.73 Å². The molecule has 1 aromatic carbocycles. The summed E-state index contributed by atoms with van der Waals surface area (Å²) in [6.45, 7) is 3.51. The van der Waals surface area contributed by atoms with Crippen LogP contribution in [0.15, 0.2) is 22.7 Å². The number of nitrogens with one attached hydrogen (secondary N) is 1. The van der Waals surface area contributed by atoms with Crippen LogP contribution in [-0.2, 0) is 0 Å². The van der Waals surface area contributed by atoms with Crippen LogP contribution in [0.1, 0.15) is 24.2 Å². The van der Waals surface area contributed by atoms with E-state index in [-0.39, 0.29) is 10.9 Å². The molecule has 0 saturated heterocycles. The summed E-state index contributed by atoms with van der Waals surface area (Å²) < 4.78 is 5.81. The molecular formula is C12H15BrN2O2S. The minimum absolute atomic E-state index is 0.239. The van der Waals surface area contributed by atoms with E-state index in [0.717, 1.165) is 0 Å². The molecule has 1 rings (SSSR count). The molecule has 0 radical (unpaired) electrons. The van der Waals surface area contributed by atoms with Crippen LogP contribution in [0, 0.1) is 0 Å². The van der Waals surface area contributed by atoms with Gasteiger partial charge >= 0.3 is 0 Å². The molecule has 0 atom stereocenters. The minimum Gasteiger partial charge on any atom is -0.496 e. The van der Waals surface area contributed by atoms with Crippen molar-refractivity contribution in [2.45, 2.75) is 19.4 Å². The largest absolute Gasteiger partial charge is 0.496 e. The Labute approximate surface area is 120 Å². The smallest absolute Gasteiger partial charge is 0.252 e. The van der Waals surface area contributed by atoms with E-state index >= 15 is 0 Å². The van der Waals surface area contributed by atoms with Crippen molar-refractivity contribution in [3.8, 4) is 5.75 Å². The summed E-state index contributed by atoms with van der Waals surface area (Å²) in [6, 6.07) is 5.07. The summed E-state index contributed by atoms with van der Waals surface area (Å²) in [5, 5.41) is 2.77. The van der Waals surface area contributed by atoms with E-state index < -0.39 is 5.54 Å². The standard InChI is InChI=1S/C12H15BrN2O2S/c1-12(2,11(14)18)15-10(16)7-4-5-9(17-3)8(13)6-7/h4-6H,1-3H3,(H2,14,18)(H,15,16). The second-order valence-corrected chi connectivity index (χ2v) is 5.59. The molecule has 0 bridgehead atoms. The highest BCUT2D eigenvalue weighted by molar-refractivity contribution is 9.10. The Balaban J connectivity index is 2.92. The first kappa shape index (κ1) is 14.9. The zero-order valence-corrected chi connectivity index (χ0v) is 12.8. The molecule has 0 fully saturated rings. The van der Waals surface area contributed by atoms with E-state index in [1.807, 2.05) is 0 Å². The minimum atomic E-state index is -0.723. The van der Waals surface area contributed by atoms with Crippen molar-refractivity contribution in [1.29, 1.82) is 0 Å². The lowest BCUT2D eigenvalue weighted by molar-refractivity contribution is 0.0932. The van der Waals surface area contributed by atoms with E-state index in [4.69, 9.17) is 22.7 Å². The molecule has 0 spiro atoms. The van der Waals surface area contributed by atoms with Crippen LogP contribution in [0.25, 0.3) is 0 Å². The van der Waals surface area contributed by atoms with Gasteiger partial charge in [-0.2, -0.15) is 0 Å². The molecule has 0 heterocycles. The highest BCUT2D eigenvalue weighted by atomic mass is 79.9. The lowest BCUT2D eigenvalue weighted by atomic mass is 10.0. The highest BCUT2D eigenvalue weighted by Gasteiger charge is 2.24. The number of amides is 1. The maximum atomic E-state index is 12.0. The van der Waals surface area contributed by atoms with E-state index in [9.17, 15) is 4.79 Å². The number of benzene rings is 1. The molecule has 0 aliphatic carbocycles. The summed E-state index contributed by atoms with van der Waals surface area (Å²) in [6.07, 6.45) is 0. The van der Waals surface area contributed by atoms with Crippen LogP contribution in [0.5, 0.6) is 5.75 Å². The Morgan fingerprint density at radius 2 is 2.11 bits per heavy atom. The fraction of sp³-hybridized carbons (Fsp3) is 0.333. The Bertz CT molecular complexity index is 489. The van der Waals surface area contributed by atoms with Crippen molar-refractivity contribution < 1.29 is 9.53 Å². The topological polar surface area (TPSA) is 64.3 Å². The average Bonchev–Trinajstić information content (AvgIpc) is 2.28. The predicted molar refractivity (Wildman–Crippen MR) is 79.0 cm³/mol. The van der Waals surface area contributed by atoms with Crippen molar-refractivity contribution in [3.05, 3.63) is 28.2 Å². The predicted octanol–water partition coefficient (Wildman–Crippen LogP) is 2.25. The summed E-state index contributed by atoms with van der Waals surface area (Å²) in [7, 11) is 1.57. The van der Waals surface area contributed by atoms with Crippen molar-refractivity contribution in [2.75, 3.05) is 7.11 Å². The molecule has 18 heavy (non-hydrogen) atoms. The van der Waals surface area contributed by atoms with Gasteiger partial charge in [0, 0.05) is 5.56 Å². The van der Waals surface area contributed by atoms with Gasteiger partial charge in [0.05, 0.1) is 22.1 Å². The first-order chi connectivity index (χ1) is 8.27. The SMILES string of the molecule is COc1ccc(C(=O)NC(C)(C)C(N)=S)cc1Br. The number of hydrogen-bond donors (Lipinski definition) is 2. The van der Waals surface area contributed by atoms with Crippen LogP contribution >= 0.6 is 28.1 Å². The van der Waals surface area contributed by atoms with Gasteiger partial charge in [-0.25, -0.2) is 0 Å². The maximum Gasteiger partial charge on any atom is 0.252 e. The third-order valence-electron chi connectivity index (χ3n) is 2.46. The van der Waals surface area contributed by atoms with Gasteiger partial charge in [-0.15, -0.1) is 0 Å². The van der Waals surface area contributed by atoms with Gasteiger partial charge in [0.2, 0.25) is 0 Å². The number of carbonyl (C=O) groups is 1. The first-order valence-electron chi connectivity index (χ1n) is 5.24. The molecular weight excluding hydrogens is 316 g/mol. The number of nitrogens with two attached hydrogens (primary N) is 1.